The zero-order valence-corrected chi connectivity index (χ0v) is 15.2. The first kappa shape index (κ1) is 20.2. The largest absolute Gasteiger partial charge is 0.451 e. The average molecular weight is 334 g/mol. The molecule has 134 valence electrons. The lowest BCUT2D eigenvalue weighted by molar-refractivity contribution is -0.159. The molecule has 0 saturated heterocycles. The molecule has 0 aromatic heterocycles. The van der Waals surface area contributed by atoms with Crippen molar-refractivity contribution >= 4 is 11.9 Å². The molecule has 0 saturated carbocycles. The number of hydrogen-bond acceptors (Lipinski definition) is 4. The summed E-state index contributed by atoms with van der Waals surface area (Å²) in [5.74, 6) is -0.623. The second-order valence-corrected chi connectivity index (χ2v) is 6.15. The topological polar surface area (TPSA) is 58.6 Å². The van der Waals surface area contributed by atoms with Crippen LogP contribution >= 0.6 is 0 Å². The SMILES string of the molecule is CCCCCNC(=O)C(C)OC(=O)C(C)N(C)Cc1ccccc1. The third-order valence-electron chi connectivity index (χ3n) is 4.02. The summed E-state index contributed by atoms with van der Waals surface area (Å²) in [7, 11) is 1.87. The van der Waals surface area contributed by atoms with Gasteiger partial charge in [0.15, 0.2) is 6.10 Å². The standard InChI is InChI=1S/C19H30N2O3/c1-5-6-10-13-20-18(22)16(3)24-19(23)15(2)21(4)14-17-11-8-7-9-12-17/h7-9,11-12,15-16H,5-6,10,13-14H2,1-4H3,(H,20,22). The number of rotatable bonds is 10. The molecule has 0 spiro atoms. The van der Waals surface area contributed by atoms with Crippen LogP contribution in [0.15, 0.2) is 30.3 Å². The maximum Gasteiger partial charge on any atom is 0.323 e. The van der Waals surface area contributed by atoms with Gasteiger partial charge in [-0.3, -0.25) is 14.5 Å². The second kappa shape index (κ2) is 10.8. The van der Waals surface area contributed by atoms with Crippen molar-refractivity contribution in [1.82, 2.24) is 10.2 Å². The number of benzene rings is 1. The number of carbonyl (C=O) groups is 2. The van der Waals surface area contributed by atoms with Crippen molar-refractivity contribution in [1.29, 1.82) is 0 Å². The minimum atomic E-state index is -0.772. The van der Waals surface area contributed by atoms with Crippen LogP contribution in [-0.2, 0) is 20.9 Å². The van der Waals surface area contributed by atoms with E-state index in [1.165, 1.54) is 0 Å². The second-order valence-electron chi connectivity index (χ2n) is 6.15. The van der Waals surface area contributed by atoms with Crippen LogP contribution in [0.4, 0.5) is 0 Å². The van der Waals surface area contributed by atoms with Gasteiger partial charge < -0.3 is 10.1 Å². The van der Waals surface area contributed by atoms with Gasteiger partial charge in [-0.2, -0.15) is 0 Å². The van der Waals surface area contributed by atoms with E-state index in [1.54, 1.807) is 13.8 Å². The van der Waals surface area contributed by atoms with E-state index in [0.29, 0.717) is 13.1 Å². The molecule has 2 unspecified atom stereocenters. The Morgan fingerprint density at radius 2 is 1.83 bits per heavy atom. The summed E-state index contributed by atoms with van der Waals surface area (Å²) in [5.41, 5.74) is 1.13. The van der Waals surface area contributed by atoms with Crippen molar-refractivity contribution in [2.75, 3.05) is 13.6 Å². The molecule has 0 aliphatic carbocycles. The fraction of sp³-hybridized carbons (Fsp3) is 0.579. The highest BCUT2D eigenvalue weighted by Gasteiger charge is 2.24. The predicted octanol–water partition coefficient (Wildman–Crippen LogP) is 2.75. The van der Waals surface area contributed by atoms with Crippen LogP contribution < -0.4 is 5.32 Å². The van der Waals surface area contributed by atoms with Gasteiger partial charge in [-0.1, -0.05) is 50.1 Å². The average Bonchev–Trinajstić information content (AvgIpc) is 2.58. The summed E-state index contributed by atoms with van der Waals surface area (Å²) in [6.07, 6.45) is 2.35. The number of nitrogens with zero attached hydrogens (tertiary/aromatic N) is 1. The van der Waals surface area contributed by atoms with Gasteiger partial charge in [-0.15, -0.1) is 0 Å². The zero-order valence-electron chi connectivity index (χ0n) is 15.2. The summed E-state index contributed by atoms with van der Waals surface area (Å²) in [4.78, 5) is 26.1. The van der Waals surface area contributed by atoms with E-state index in [1.807, 2.05) is 42.3 Å². The molecular formula is C19H30N2O3. The third-order valence-corrected chi connectivity index (χ3v) is 4.02. The van der Waals surface area contributed by atoms with Crippen LogP contribution in [0.5, 0.6) is 0 Å². The van der Waals surface area contributed by atoms with Crippen LogP contribution in [0, 0.1) is 0 Å². The number of carbonyl (C=O) groups excluding carboxylic acids is 2. The fourth-order valence-corrected chi connectivity index (χ4v) is 2.24. The lowest BCUT2D eigenvalue weighted by Gasteiger charge is -2.24. The lowest BCUT2D eigenvalue weighted by atomic mass is 10.2. The van der Waals surface area contributed by atoms with E-state index >= 15 is 0 Å². The number of unbranched alkanes of at least 4 members (excludes halogenated alkanes) is 2. The van der Waals surface area contributed by atoms with Crippen molar-refractivity contribution in [3.8, 4) is 0 Å². The molecule has 0 heterocycles. The summed E-state index contributed by atoms with van der Waals surface area (Å²) in [6.45, 7) is 6.78. The van der Waals surface area contributed by atoms with Crippen LogP contribution in [0.3, 0.4) is 0 Å². The first-order valence-electron chi connectivity index (χ1n) is 8.68. The summed E-state index contributed by atoms with van der Waals surface area (Å²) in [5, 5.41) is 2.80. The van der Waals surface area contributed by atoms with E-state index in [-0.39, 0.29) is 11.9 Å². The van der Waals surface area contributed by atoms with E-state index in [4.69, 9.17) is 4.74 Å². The molecular weight excluding hydrogens is 304 g/mol. The van der Waals surface area contributed by atoms with E-state index < -0.39 is 12.1 Å². The maximum absolute atomic E-state index is 12.2. The molecule has 0 aliphatic rings. The van der Waals surface area contributed by atoms with Crippen molar-refractivity contribution in [2.45, 2.75) is 58.7 Å². The normalized spacial score (nSPS) is 13.4. The van der Waals surface area contributed by atoms with Gasteiger partial charge in [-0.05, 0) is 32.9 Å². The first-order chi connectivity index (χ1) is 11.5. The molecule has 1 rings (SSSR count). The number of likely N-dealkylation sites (N-methyl/N-ethyl adjacent to an activating group) is 1. The molecule has 24 heavy (non-hydrogen) atoms. The highest BCUT2D eigenvalue weighted by Crippen LogP contribution is 2.08. The molecule has 5 heteroatoms. The predicted molar refractivity (Wildman–Crippen MR) is 95.5 cm³/mol. The molecule has 0 fully saturated rings. The van der Waals surface area contributed by atoms with E-state index in [0.717, 1.165) is 24.8 Å². The minimum absolute atomic E-state index is 0.239. The molecule has 1 amide bonds. The number of amides is 1. The van der Waals surface area contributed by atoms with Crippen LogP contribution in [0.2, 0.25) is 0 Å². The minimum Gasteiger partial charge on any atom is -0.451 e. The summed E-state index contributed by atoms with van der Waals surface area (Å²) >= 11 is 0. The van der Waals surface area contributed by atoms with Crippen LogP contribution in [0.25, 0.3) is 0 Å². The molecule has 5 nitrogen and oxygen atoms in total. The van der Waals surface area contributed by atoms with Gasteiger partial charge in [0.05, 0.1) is 0 Å². The molecule has 0 bridgehead atoms. The van der Waals surface area contributed by atoms with Gasteiger partial charge in [0.25, 0.3) is 5.91 Å². The van der Waals surface area contributed by atoms with Gasteiger partial charge in [0.1, 0.15) is 6.04 Å². The monoisotopic (exact) mass is 334 g/mol. The fourth-order valence-electron chi connectivity index (χ4n) is 2.24. The lowest BCUT2D eigenvalue weighted by Crippen LogP contribution is -2.42. The summed E-state index contributed by atoms with van der Waals surface area (Å²) < 4.78 is 5.30. The van der Waals surface area contributed by atoms with Crippen molar-refractivity contribution in [3.05, 3.63) is 35.9 Å². The Kier molecular flexibility index (Phi) is 9.08. The Labute approximate surface area is 145 Å². The zero-order chi connectivity index (χ0) is 17.9. The number of ether oxygens (including phenoxy) is 1. The number of nitrogens with one attached hydrogen (secondary N) is 1. The van der Waals surface area contributed by atoms with Crippen LogP contribution in [-0.4, -0.2) is 42.5 Å². The van der Waals surface area contributed by atoms with E-state index in [9.17, 15) is 9.59 Å². The molecule has 1 aromatic rings. The Morgan fingerprint density at radius 1 is 1.17 bits per heavy atom. The number of hydrogen-bond donors (Lipinski definition) is 1. The molecule has 0 aliphatic heterocycles. The Hall–Kier alpha value is -1.88. The first-order valence-corrected chi connectivity index (χ1v) is 8.68. The van der Waals surface area contributed by atoms with Gasteiger partial charge in [-0.25, -0.2) is 0 Å². The molecule has 0 radical (unpaired) electrons. The maximum atomic E-state index is 12.2. The molecule has 2 atom stereocenters. The number of esters is 1. The van der Waals surface area contributed by atoms with Gasteiger partial charge in [0, 0.05) is 13.1 Å². The Morgan fingerprint density at radius 3 is 2.46 bits per heavy atom. The Balaban J connectivity index is 2.40. The van der Waals surface area contributed by atoms with Crippen molar-refractivity contribution in [3.63, 3.8) is 0 Å². The highest BCUT2D eigenvalue weighted by atomic mass is 16.5. The smallest absolute Gasteiger partial charge is 0.323 e. The van der Waals surface area contributed by atoms with Crippen LogP contribution in [0.1, 0.15) is 45.6 Å². The third kappa shape index (κ3) is 7.13. The molecule has 1 N–H and O–H groups in total. The van der Waals surface area contributed by atoms with Crippen molar-refractivity contribution in [2.24, 2.45) is 0 Å². The highest BCUT2D eigenvalue weighted by molar-refractivity contribution is 5.84. The van der Waals surface area contributed by atoms with E-state index in [2.05, 4.69) is 12.2 Å². The summed E-state index contributed by atoms with van der Waals surface area (Å²) in [6, 6.07) is 9.51. The molecule has 1 aromatic carbocycles. The van der Waals surface area contributed by atoms with Gasteiger partial charge >= 0.3 is 5.97 Å². The quantitative estimate of drug-likeness (QED) is 0.528. The van der Waals surface area contributed by atoms with Crippen molar-refractivity contribution < 1.29 is 14.3 Å². The Bertz CT molecular complexity index is 505. The van der Waals surface area contributed by atoms with Gasteiger partial charge in [0.2, 0.25) is 0 Å².